The molecule has 2 aromatic rings. The van der Waals surface area contributed by atoms with Crippen LogP contribution in [0.25, 0.3) is 0 Å². The van der Waals surface area contributed by atoms with Crippen molar-refractivity contribution < 1.29 is 24.0 Å². The van der Waals surface area contributed by atoms with Gasteiger partial charge >= 0.3 is 11.9 Å². The number of aryl methyl sites for hydroxylation is 2. The van der Waals surface area contributed by atoms with Gasteiger partial charge in [0.25, 0.3) is 5.69 Å². The molecule has 0 heterocycles. The van der Waals surface area contributed by atoms with E-state index >= 15 is 0 Å². The Morgan fingerprint density at radius 2 is 1.21 bits per heavy atom. The van der Waals surface area contributed by atoms with Crippen LogP contribution in [0.1, 0.15) is 80.8 Å². The summed E-state index contributed by atoms with van der Waals surface area (Å²) in [4.78, 5) is 33.6. The first-order valence-electron chi connectivity index (χ1n) is 10.1. The number of benzene rings is 2. The number of nitrogens with zero attached hydrogens (tertiary/aromatic N) is 1. The number of hydrogen-bond donors (Lipinski definition) is 1. The highest BCUT2D eigenvalue weighted by Crippen LogP contribution is 2.21. The first kappa shape index (κ1) is 29.6. The molecule has 0 bridgehead atoms. The Morgan fingerprint density at radius 3 is 1.58 bits per heavy atom. The topological polar surface area (TPSA) is 122 Å². The van der Waals surface area contributed by atoms with Gasteiger partial charge in [-0.1, -0.05) is 19.6 Å². The van der Waals surface area contributed by atoms with Crippen LogP contribution in [0.5, 0.6) is 0 Å². The third kappa shape index (κ3) is 10.2. The second-order valence-electron chi connectivity index (χ2n) is 9.33. The van der Waals surface area contributed by atoms with Gasteiger partial charge in [0.05, 0.1) is 16.1 Å². The van der Waals surface area contributed by atoms with Gasteiger partial charge in [-0.05, 0) is 79.2 Å². The number of esters is 2. The van der Waals surface area contributed by atoms with Gasteiger partial charge in [-0.3, -0.25) is 10.1 Å². The summed E-state index contributed by atoms with van der Waals surface area (Å²) in [6, 6.07) is 9.48. The van der Waals surface area contributed by atoms with Crippen LogP contribution in [-0.4, -0.2) is 28.1 Å². The molecule has 8 nitrogen and oxygen atoms in total. The number of rotatable bonds is 3. The van der Waals surface area contributed by atoms with Crippen molar-refractivity contribution in [3.05, 3.63) is 68.8 Å². The zero-order valence-corrected chi connectivity index (χ0v) is 19.9. The van der Waals surface area contributed by atoms with Crippen LogP contribution in [0.2, 0.25) is 0 Å². The fourth-order valence-corrected chi connectivity index (χ4v) is 2.37. The first-order chi connectivity index (χ1) is 14.5. The molecule has 0 amide bonds. The van der Waals surface area contributed by atoms with E-state index in [1.807, 2.05) is 33.8 Å². The molecular weight excluding hydrogens is 424 g/mol. The van der Waals surface area contributed by atoms with E-state index in [0.29, 0.717) is 16.8 Å². The molecular formula is C25H36N2O6. The van der Waals surface area contributed by atoms with Crippen molar-refractivity contribution in [2.45, 2.75) is 74.0 Å². The van der Waals surface area contributed by atoms with E-state index in [2.05, 4.69) is 0 Å². The average molecular weight is 461 g/mol. The van der Waals surface area contributed by atoms with Gasteiger partial charge in [0.15, 0.2) is 0 Å². The second-order valence-corrected chi connectivity index (χ2v) is 9.33. The molecule has 0 aliphatic carbocycles. The summed E-state index contributed by atoms with van der Waals surface area (Å²) in [6.45, 7) is 14.3. The van der Waals surface area contributed by atoms with E-state index in [4.69, 9.17) is 15.2 Å². The summed E-state index contributed by atoms with van der Waals surface area (Å²) in [5.74, 6) is -0.894. The normalized spacial score (nSPS) is 10.8. The molecule has 182 valence electrons. The molecule has 2 aromatic carbocycles. The number of carbonyl (C=O) groups excluding carboxylic acids is 2. The predicted molar refractivity (Wildman–Crippen MR) is 130 cm³/mol. The second kappa shape index (κ2) is 11.4. The molecule has 0 aliphatic rings. The lowest BCUT2D eigenvalue weighted by Gasteiger charge is -2.19. The molecule has 0 saturated heterocycles. The minimum Gasteiger partial charge on any atom is -0.456 e. The molecule has 0 aliphatic heterocycles. The van der Waals surface area contributed by atoms with Gasteiger partial charge in [-0.2, -0.15) is 0 Å². The smallest absolute Gasteiger partial charge is 0.338 e. The Hall–Kier alpha value is -3.42. The van der Waals surface area contributed by atoms with Crippen LogP contribution in [0.15, 0.2) is 36.4 Å². The maximum absolute atomic E-state index is 11.7. The number of nitro benzene ring substituents is 1. The fraction of sp³-hybridized carbons (Fsp3) is 0.440. The van der Waals surface area contributed by atoms with Gasteiger partial charge in [-0.15, -0.1) is 0 Å². The molecule has 0 unspecified atom stereocenters. The van der Waals surface area contributed by atoms with E-state index < -0.39 is 22.1 Å². The molecule has 0 fully saturated rings. The predicted octanol–water partition coefficient (Wildman–Crippen LogP) is 6.03. The molecule has 0 radical (unpaired) electrons. The number of ether oxygens (including phenoxy) is 2. The molecule has 8 heteroatoms. The van der Waals surface area contributed by atoms with Gasteiger partial charge in [0.1, 0.15) is 11.2 Å². The lowest BCUT2D eigenvalue weighted by molar-refractivity contribution is -0.385. The van der Waals surface area contributed by atoms with E-state index in [-0.39, 0.29) is 24.6 Å². The van der Waals surface area contributed by atoms with Crippen LogP contribution in [0, 0.1) is 24.0 Å². The fourth-order valence-electron chi connectivity index (χ4n) is 2.37. The summed E-state index contributed by atoms with van der Waals surface area (Å²) in [7, 11) is 0. The van der Waals surface area contributed by atoms with Crippen LogP contribution < -0.4 is 5.73 Å². The van der Waals surface area contributed by atoms with Crippen molar-refractivity contribution in [3.63, 3.8) is 0 Å². The number of nitrogens with two attached hydrogens (primary N) is 1. The summed E-state index contributed by atoms with van der Waals surface area (Å²) < 4.78 is 10.4. The first-order valence-corrected chi connectivity index (χ1v) is 10.1. The molecule has 2 N–H and O–H groups in total. The van der Waals surface area contributed by atoms with Gasteiger partial charge in [0.2, 0.25) is 0 Å². The van der Waals surface area contributed by atoms with Crippen molar-refractivity contribution in [1.82, 2.24) is 0 Å². The van der Waals surface area contributed by atoms with Crippen molar-refractivity contribution >= 4 is 23.3 Å². The third-order valence-corrected chi connectivity index (χ3v) is 3.95. The highest BCUT2D eigenvalue weighted by atomic mass is 16.6. The monoisotopic (exact) mass is 460 g/mol. The van der Waals surface area contributed by atoms with Crippen molar-refractivity contribution in [3.8, 4) is 0 Å². The number of nitrogen functional groups attached to an aromatic ring is 1. The summed E-state index contributed by atoms with van der Waals surface area (Å²) >= 11 is 0. The molecule has 0 atom stereocenters. The Bertz CT molecular complexity index is 1000. The van der Waals surface area contributed by atoms with Crippen LogP contribution >= 0.6 is 0 Å². The Morgan fingerprint density at radius 1 is 0.818 bits per heavy atom. The Labute approximate surface area is 196 Å². The van der Waals surface area contributed by atoms with Crippen LogP contribution in [-0.2, 0) is 9.47 Å². The molecule has 0 spiro atoms. The number of nitro groups is 1. The van der Waals surface area contributed by atoms with Crippen LogP contribution in [0.3, 0.4) is 0 Å². The molecule has 0 aromatic heterocycles. The molecule has 33 heavy (non-hydrogen) atoms. The number of carbonyl (C=O) groups is 2. The summed E-state index contributed by atoms with van der Waals surface area (Å²) in [5.41, 5.74) is 7.32. The maximum Gasteiger partial charge on any atom is 0.338 e. The summed E-state index contributed by atoms with van der Waals surface area (Å²) in [6.07, 6.45) is 0. The Kier molecular flexibility index (Phi) is 10.3. The molecule has 2 rings (SSSR count). The minimum absolute atomic E-state index is 0. The zero-order valence-electron chi connectivity index (χ0n) is 19.9. The maximum atomic E-state index is 11.7. The minimum atomic E-state index is -0.614. The third-order valence-electron chi connectivity index (χ3n) is 3.95. The zero-order chi connectivity index (χ0) is 24.9. The standard InChI is InChI=1S/C12H15NO4.C12H17NO2.CH4/c1-8-5-6-9(7-10(8)13(15)16)11(14)17-12(2,3)4;1-8-5-6-9(7-10(8)13)11(14)15-12(2,3)4;/h5-7H,1-4H3;5-7H,13H2,1-4H3;1H4. The van der Waals surface area contributed by atoms with Crippen molar-refractivity contribution in [1.29, 1.82) is 0 Å². The summed E-state index contributed by atoms with van der Waals surface area (Å²) in [5, 5.41) is 10.7. The highest BCUT2D eigenvalue weighted by molar-refractivity contribution is 5.91. The van der Waals surface area contributed by atoms with E-state index in [1.54, 1.807) is 39.8 Å². The van der Waals surface area contributed by atoms with Gasteiger partial charge < -0.3 is 15.2 Å². The lowest BCUT2D eigenvalue weighted by Crippen LogP contribution is -2.23. The molecule has 0 saturated carbocycles. The lowest BCUT2D eigenvalue weighted by atomic mass is 10.1. The number of anilines is 1. The number of hydrogen-bond acceptors (Lipinski definition) is 7. The SMILES string of the molecule is C.Cc1ccc(C(=O)OC(C)(C)C)cc1N.Cc1ccc(C(=O)OC(C)(C)C)cc1[N+](=O)[O-]. The quantitative estimate of drug-likeness (QED) is 0.257. The van der Waals surface area contributed by atoms with E-state index in [1.165, 1.54) is 18.2 Å². The van der Waals surface area contributed by atoms with Crippen molar-refractivity contribution in [2.75, 3.05) is 5.73 Å². The van der Waals surface area contributed by atoms with E-state index in [0.717, 1.165) is 5.56 Å². The highest BCUT2D eigenvalue weighted by Gasteiger charge is 2.21. The van der Waals surface area contributed by atoms with Crippen LogP contribution in [0.4, 0.5) is 11.4 Å². The van der Waals surface area contributed by atoms with Gasteiger partial charge in [0, 0.05) is 17.3 Å². The Balaban J connectivity index is 0.000000607. The average Bonchev–Trinajstić information content (AvgIpc) is 2.61. The van der Waals surface area contributed by atoms with E-state index in [9.17, 15) is 19.7 Å². The van der Waals surface area contributed by atoms with Crippen molar-refractivity contribution in [2.24, 2.45) is 0 Å². The van der Waals surface area contributed by atoms with Gasteiger partial charge in [-0.25, -0.2) is 9.59 Å². The largest absolute Gasteiger partial charge is 0.456 e.